The van der Waals surface area contributed by atoms with Crippen LogP contribution < -0.4 is 5.73 Å². The third kappa shape index (κ3) is 2.84. The SMILES string of the molecule is COCCN(C(=O)C1(N)CC1)C1CCS(=O)(=O)C1. The van der Waals surface area contributed by atoms with E-state index in [4.69, 9.17) is 10.5 Å². The van der Waals surface area contributed by atoms with Crippen molar-refractivity contribution < 1.29 is 17.9 Å². The van der Waals surface area contributed by atoms with Crippen molar-refractivity contribution in [3.8, 4) is 0 Å². The van der Waals surface area contributed by atoms with Gasteiger partial charge in [-0.1, -0.05) is 0 Å². The molecule has 0 bridgehead atoms. The summed E-state index contributed by atoms with van der Waals surface area (Å²) in [4.78, 5) is 13.9. The van der Waals surface area contributed by atoms with Crippen molar-refractivity contribution >= 4 is 15.7 Å². The molecular weight excluding hydrogens is 256 g/mol. The zero-order valence-electron chi connectivity index (χ0n) is 10.6. The van der Waals surface area contributed by atoms with Crippen LogP contribution in [0.1, 0.15) is 19.3 Å². The molecule has 104 valence electrons. The van der Waals surface area contributed by atoms with Gasteiger partial charge >= 0.3 is 0 Å². The number of hydrogen-bond donors (Lipinski definition) is 1. The molecule has 6 nitrogen and oxygen atoms in total. The lowest BCUT2D eigenvalue weighted by Crippen LogP contribution is -2.51. The van der Waals surface area contributed by atoms with Gasteiger partial charge < -0.3 is 15.4 Å². The van der Waals surface area contributed by atoms with Gasteiger partial charge in [-0.05, 0) is 19.3 Å². The number of amides is 1. The minimum absolute atomic E-state index is 0.0541. The summed E-state index contributed by atoms with van der Waals surface area (Å²) >= 11 is 0. The van der Waals surface area contributed by atoms with Gasteiger partial charge in [0.05, 0.1) is 23.7 Å². The first kappa shape index (κ1) is 13.8. The molecule has 18 heavy (non-hydrogen) atoms. The van der Waals surface area contributed by atoms with E-state index in [9.17, 15) is 13.2 Å². The summed E-state index contributed by atoms with van der Waals surface area (Å²) in [6, 6.07) is -0.237. The maximum absolute atomic E-state index is 12.3. The zero-order valence-corrected chi connectivity index (χ0v) is 11.4. The molecule has 2 rings (SSSR count). The van der Waals surface area contributed by atoms with Crippen LogP contribution in [-0.2, 0) is 19.4 Å². The largest absolute Gasteiger partial charge is 0.383 e. The third-order valence-electron chi connectivity index (χ3n) is 3.66. The highest BCUT2D eigenvalue weighted by Gasteiger charge is 2.50. The molecule has 1 amide bonds. The number of carbonyl (C=O) groups is 1. The molecule has 1 unspecified atom stereocenters. The molecule has 1 saturated heterocycles. The lowest BCUT2D eigenvalue weighted by atomic mass is 10.1. The first-order valence-electron chi connectivity index (χ1n) is 6.17. The molecule has 2 N–H and O–H groups in total. The van der Waals surface area contributed by atoms with Crippen LogP contribution in [0.25, 0.3) is 0 Å². The summed E-state index contributed by atoms with van der Waals surface area (Å²) in [5.74, 6) is 0.0894. The Bertz CT molecular complexity index is 430. The van der Waals surface area contributed by atoms with Crippen LogP contribution in [0.2, 0.25) is 0 Å². The summed E-state index contributed by atoms with van der Waals surface area (Å²) in [5, 5.41) is 0. The van der Waals surface area contributed by atoms with Crippen LogP contribution in [0.5, 0.6) is 0 Å². The monoisotopic (exact) mass is 276 g/mol. The van der Waals surface area contributed by atoms with E-state index >= 15 is 0 Å². The summed E-state index contributed by atoms with van der Waals surface area (Å²) in [5.41, 5.74) is 5.17. The normalized spacial score (nSPS) is 28.0. The summed E-state index contributed by atoms with van der Waals surface area (Å²) in [6.45, 7) is 0.812. The number of sulfone groups is 1. The van der Waals surface area contributed by atoms with Gasteiger partial charge in [0.15, 0.2) is 9.84 Å². The van der Waals surface area contributed by atoms with Crippen LogP contribution in [0.3, 0.4) is 0 Å². The topological polar surface area (TPSA) is 89.7 Å². The number of ether oxygens (including phenoxy) is 1. The number of hydrogen-bond acceptors (Lipinski definition) is 5. The Hall–Kier alpha value is -0.660. The Morgan fingerprint density at radius 2 is 2.17 bits per heavy atom. The average molecular weight is 276 g/mol. The molecule has 1 aliphatic carbocycles. The highest BCUT2D eigenvalue weighted by atomic mass is 32.2. The van der Waals surface area contributed by atoms with E-state index in [1.807, 2.05) is 0 Å². The quantitative estimate of drug-likeness (QED) is 0.705. The highest BCUT2D eigenvalue weighted by molar-refractivity contribution is 7.91. The van der Waals surface area contributed by atoms with Crippen LogP contribution >= 0.6 is 0 Å². The Kier molecular flexibility index (Phi) is 3.66. The second-order valence-corrected chi connectivity index (χ2v) is 7.43. The van der Waals surface area contributed by atoms with Gasteiger partial charge in [-0.2, -0.15) is 0 Å². The predicted molar refractivity (Wildman–Crippen MR) is 66.8 cm³/mol. The molecule has 0 aromatic heterocycles. The van der Waals surface area contributed by atoms with E-state index in [-0.39, 0.29) is 23.5 Å². The van der Waals surface area contributed by atoms with Crippen molar-refractivity contribution in [2.75, 3.05) is 31.8 Å². The van der Waals surface area contributed by atoms with E-state index in [0.29, 0.717) is 32.4 Å². The molecule has 0 aromatic carbocycles. The molecule has 2 fully saturated rings. The smallest absolute Gasteiger partial charge is 0.243 e. The fraction of sp³-hybridized carbons (Fsp3) is 0.909. The first-order valence-corrected chi connectivity index (χ1v) is 7.99. The van der Waals surface area contributed by atoms with E-state index in [1.54, 1.807) is 12.0 Å². The molecular formula is C11H20N2O4S. The molecule has 1 aliphatic heterocycles. The molecule has 1 heterocycles. The second-order valence-electron chi connectivity index (χ2n) is 5.20. The number of carbonyl (C=O) groups excluding carboxylic acids is 1. The van der Waals surface area contributed by atoms with Crippen molar-refractivity contribution in [1.29, 1.82) is 0 Å². The van der Waals surface area contributed by atoms with Crippen LogP contribution in [0.15, 0.2) is 0 Å². The van der Waals surface area contributed by atoms with E-state index < -0.39 is 15.4 Å². The zero-order chi connectivity index (χ0) is 13.4. The van der Waals surface area contributed by atoms with Gasteiger partial charge in [-0.15, -0.1) is 0 Å². The maximum Gasteiger partial charge on any atom is 0.243 e. The number of nitrogens with two attached hydrogens (primary N) is 1. The van der Waals surface area contributed by atoms with E-state index in [1.165, 1.54) is 0 Å². The van der Waals surface area contributed by atoms with Gasteiger partial charge in [0.25, 0.3) is 0 Å². The molecule has 1 atom stereocenters. The Balaban J connectivity index is 2.08. The number of nitrogens with zero attached hydrogens (tertiary/aromatic N) is 1. The molecule has 7 heteroatoms. The number of methoxy groups -OCH3 is 1. The fourth-order valence-corrected chi connectivity index (χ4v) is 4.03. The molecule has 2 aliphatic rings. The van der Waals surface area contributed by atoms with Crippen molar-refractivity contribution in [2.24, 2.45) is 5.73 Å². The molecule has 1 saturated carbocycles. The van der Waals surface area contributed by atoms with Crippen LogP contribution in [0, 0.1) is 0 Å². The summed E-state index contributed by atoms with van der Waals surface area (Å²) in [7, 11) is -1.44. The lowest BCUT2D eigenvalue weighted by molar-refractivity contribution is -0.136. The van der Waals surface area contributed by atoms with Crippen LogP contribution in [-0.4, -0.2) is 62.6 Å². The fourth-order valence-electron chi connectivity index (χ4n) is 2.30. The summed E-state index contributed by atoms with van der Waals surface area (Å²) in [6.07, 6.45) is 1.89. The minimum atomic E-state index is -3.00. The predicted octanol–water partition coefficient (Wildman–Crippen LogP) is -0.860. The van der Waals surface area contributed by atoms with Crippen molar-refractivity contribution in [3.63, 3.8) is 0 Å². The minimum Gasteiger partial charge on any atom is -0.383 e. The van der Waals surface area contributed by atoms with Crippen molar-refractivity contribution in [1.82, 2.24) is 4.90 Å². The molecule has 0 aromatic rings. The second kappa shape index (κ2) is 4.79. The van der Waals surface area contributed by atoms with E-state index in [2.05, 4.69) is 0 Å². The Morgan fingerprint density at radius 3 is 2.61 bits per heavy atom. The van der Waals surface area contributed by atoms with Gasteiger partial charge in [-0.25, -0.2) is 8.42 Å². The summed E-state index contributed by atoms with van der Waals surface area (Å²) < 4.78 is 28.0. The van der Waals surface area contributed by atoms with Crippen molar-refractivity contribution in [2.45, 2.75) is 30.8 Å². The van der Waals surface area contributed by atoms with Gasteiger partial charge in [0.2, 0.25) is 5.91 Å². The molecule has 0 spiro atoms. The van der Waals surface area contributed by atoms with Gasteiger partial charge in [0.1, 0.15) is 0 Å². The van der Waals surface area contributed by atoms with Crippen LogP contribution in [0.4, 0.5) is 0 Å². The highest BCUT2D eigenvalue weighted by Crippen LogP contribution is 2.35. The number of rotatable bonds is 5. The lowest BCUT2D eigenvalue weighted by Gasteiger charge is -2.30. The van der Waals surface area contributed by atoms with E-state index in [0.717, 1.165) is 0 Å². The Labute approximate surface area is 107 Å². The first-order chi connectivity index (χ1) is 8.38. The average Bonchev–Trinajstić information content (AvgIpc) is 2.95. The van der Waals surface area contributed by atoms with Gasteiger partial charge in [-0.3, -0.25) is 4.79 Å². The standard InChI is InChI=1S/C11H20N2O4S/c1-17-6-5-13(10(14)11(12)3-4-11)9-2-7-18(15,16)8-9/h9H,2-8,12H2,1H3. The Morgan fingerprint density at radius 1 is 1.50 bits per heavy atom. The maximum atomic E-state index is 12.3. The van der Waals surface area contributed by atoms with Crippen molar-refractivity contribution in [3.05, 3.63) is 0 Å². The third-order valence-corrected chi connectivity index (χ3v) is 5.41. The van der Waals surface area contributed by atoms with Gasteiger partial charge in [0, 0.05) is 19.7 Å². The molecule has 0 radical (unpaired) electrons.